The third-order valence-electron chi connectivity index (χ3n) is 6.85. The van der Waals surface area contributed by atoms with Gasteiger partial charge in [-0.2, -0.15) is 9.78 Å². The van der Waals surface area contributed by atoms with E-state index in [2.05, 4.69) is 33.0 Å². The van der Waals surface area contributed by atoms with Crippen molar-refractivity contribution in [3.05, 3.63) is 52.4 Å². The number of rotatable bonds is 5. The van der Waals surface area contributed by atoms with E-state index in [1.807, 2.05) is 6.07 Å². The van der Waals surface area contributed by atoms with Gasteiger partial charge >= 0.3 is 0 Å². The van der Waals surface area contributed by atoms with Gasteiger partial charge in [0.25, 0.3) is 5.91 Å². The molecule has 1 saturated carbocycles. The molecule has 188 valence electrons. The minimum atomic E-state index is -3.59. The summed E-state index contributed by atoms with van der Waals surface area (Å²) in [5, 5.41) is 14.3. The molecule has 12 heteroatoms. The highest BCUT2D eigenvalue weighted by atomic mass is 32.2. The van der Waals surface area contributed by atoms with Crippen LogP contribution in [0.4, 0.5) is 5.82 Å². The van der Waals surface area contributed by atoms with E-state index in [1.54, 1.807) is 13.0 Å². The van der Waals surface area contributed by atoms with Gasteiger partial charge in [0.1, 0.15) is 22.8 Å². The van der Waals surface area contributed by atoms with Crippen LogP contribution >= 0.6 is 0 Å². The van der Waals surface area contributed by atoms with Gasteiger partial charge < -0.3 is 19.9 Å². The second kappa shape index (κ2) is 7.92. The number of carbonyl (C=O) groups excluding carboxylic acids is 2. The maximum Gasteiger partial charge on any atom is 0.257 e. The molecule has 0 bridgehead atoms. The molecule has 0 saturated heterocycles. The monoisotopic (exact) mass is 511 g/mol. The summed E-state index contributed by atoms with van der Waals surface area (Å²) < 4.78 is 35.8. The lowest BCUT2D eigenvalue weighted by molar-refractivity contribution is -0.113. The van der Waals surface area contributed by atoms with Crippen LogP contribution < -0.4 is 15.4 Å². The van der Waals surface area contributed by atoms with Gasteiger partial charge in [0.05, 0.1) is 17.8 Å². The molecule has 2 amide bonds. The maximum atomic E-state index is 13.6. The second-order valence-corrected chi connectivity index (χ2v) is 12.0. The number of benzene rings is 1. The first kappa shape index (κ1) is 22.8. The molecule has 0 radical (unpaired) electrons. The van der Waals surface area contributed by atoms with Gasteiger partial charge in [0, 0.05) is 30.7 Å². The molecular weight excluding hydrogens is 486 g/mol. The summed E-state index contributed by atoms with van der Waals surface area (Å²) in [6.45, 7) is 2.15. The summed E-state index contributed by atoms with van der Waals surface area (Å²) in [7, 11) is -3.59. The van der Waals surface area contributed by atoms with E-state index in [1.165, 1.54) is 23.1 Å². The van der Waals surface area contributed by atoms with Crippen molar-refractivity contribution in [3.8, 4) is 11.6 Å². The van der Waals surface area contributed by atoms with E-state index in [9.17, 15) is 18.0 Å². The lowest BCUT2D eigenvalue weighted by atomic mass is 9.77. The van der Waals surface area contributed by atoms with Gasteiger partial charge in [0.15, 0.2) is 21.5 Å². The van der Waals surface area contributed by atoms with Crippen LogP contribution in [0.2, 0.25) is 0 Å². The Balaban J connectivity index is 1.43. The van der Waals surface area contributed by atoms with E-state index >= 15 is 0 Å². The molecule has 1 spiro atoms. The molecule has 2 aromatic heterocycles. The van der Waals surface area contributed by atoms with Crippen LogP contribution in [-0.2, 0) is 26.6 Å². The molecule has 2 aliphatic heterocycles. The van der Waals surface area contributed by atoms with E-state index in [0.29, 0.717) is 36.8 Å². The third kappa shape index (κ3) is 3.94. The Kier molecular flexibility index (Phi) is 5.01. The number of anilines is 1. The standard InChI is InChI=1S/C24H25N5O6S/c1-13-9-19(28-35-13)29-22(25-20(30)12-36(2,32)33)21-17(27-29)11-24(26-23(21)31)7-8-34-18-10-15(14-3-4-14)5-6-16(18)24/h5-6,9-10,14H,3-4,7-8,11-12H2,1-2H3,(H,25,30)(H,26,31)/t24-/m0/s1. The number of amides is 2. The van der Waals surface area contributed by atoms with E-state index in [-0.39, 0.29) is 17.2 Å². The number of hydrogen-bond donors (Lipinski definition) is 2. The van der Waals surface area contributed by atoms with Crippen molar-refractivity contribution < 1.29 is 27.3 Å². The maximum absolute atomic E-state index is 13.6. The number of nitrogens with one attached hydrogen (secondary N) is 2. The molecule has 3 aromatic rings. The van der Waals surface area contributed by atoms with Crippen LogP contribution in [0, 0.1) is 6.92 Å². The van der Waals surface area contributed by atoms with Crippen molar-refractivity contribution in [2.24, 2.45) is 0 Å². The van der Waals surface area contributed by atoms with E-state index in [0.717, 1.165) is 17.6 Å². The summed E-state index contributed by atoms with van der Waals surface area (Å²) in [6.07, 6.45) is 4.24. The number of hydrogen-bond acceptors (Lipinski definition) is 8. The van der Waals surface area contributed by atoms with E-state index < -0.39 is 32.9 Å². The third-order valence-corrected chi connectivity index (χ3v) is 7.63. The zero-order valence-electron chi connectivity index (χ0n) is 19.8. The zero-order chi connectivity index (χ0) is 25.2. The predicted molar refractivity (Wildman–Crippen MR) is 128 cm³/mol. The fraction of sp³-hybridized carbons (Fsp3) is 0.417. The topological polar surface area (TPSA) is 145 Å². The highest BCUT2D eigenvalue weighted by molar-refractivity contribution is 7.91. The highest BCUT2D eigenvalue weighted by Crippen LogP contribution is 2.47. The Bertz CT molecular complexity index is 1520. The van der Waals surface area contributed by atoms with Crippen molar-refractivity contribution in [1.29, 1.82) is 0 Å². The zero-order valence-corrected chi connectivity index (χ0v) is 20.6. The molecular formula is C24H25N5O6S. The number of sulfone groups is 1. The average molecular weight is 512 g/mol. The van der Waals surface area contributed by atoms with E-state index in [4.69, 9.17) is 9.26 Å². The summed E-state index contributed by atoms with van der Waals surface area (Å²) >= 11 is 0. The predicted octanol–water partition coefficient (Wildman–Crippen LogP) is 1.99. The second-order valence-electron chi connectivity index (χ2n) is 9.84. The highest BCUT2D eigenvalue weighted by Gasteiger charge is 2.46. The Labute approximate surface area is 207 Å². The fourth-order valence-electron chi connectivity index (χ4n) is 5.08. The molecule has 1 atom stereocenters. The first-order valence-electron chi connectivity index (χ1n) is 11.7. The minimum Gasteiger partial charge on any atom is -0.493 e. The number of fused-ring (bicyclic) bond motifs is 3. The largest absolute Gasteiger partial charge is 0.493 e. The Morgan fingerprint density at radius 2 is 2.11 bits per heavy atom. The van der Waals surface area contributed by atoms with Gasteiger partial charge in [0.2, 0.25) is 5.91 Å². The number of aromatic nitrogens is 3. The van der Waals surface area contributed by atoms with Gasteiger partial charge in [-0.15, -0.1) is 0 Å². The Morgan fingerprint density at radius 3 is 2.81 bits per heavy atom. The Morgan fingerprint density at radius 1 is 1.31 bits per heavy atom. The quantitative estimate of drug-likeness (QED) is 0.529. The van der Waals surface area contributed by atoms with Crippen LogP contribution in [0.15, 0.2) is 28.8 Å². The molecule has 36 heavy (non-hydrogen) atoms. The minimum absolute atomic E-state index is 0.0515. The fourth-order valence-corrected chi connectivity index (χ4v) is 5.63. The molecule has 1 fully saturated rings. The van der Waals surface area contributed by atoms with Crippen LogP contribution in [0.1, 0.15) is 58.1 Å². The van der Waals surface area contributed by atoms with Crippen LogP contribution in [0.3, 0.4) is 0 Å². The molecule has 11 nitrogen and oxygen atoms in total. The molecule has 0 unspecified atom stereocenters. The van der Waals surface area contributed by atoms with Gasteiger partial charge in [-0.05, 0) is 37.3 Å². The molecule has 6 rings (SSSR count). The summed E-state index contributed by atoms with van der Waals surface area (Å²) in [4.78, 5) is 26.1. The van der Waals surface area contributed by atoms with Crippen LogP contribution in [-0.4, -0.2) is 53.8 Å². The summed E-state index contributed by atoms with van der Waals surface area (Å²) in [5.41, 5.74) is 2.06. The van der Waals surface area contributed by atoms with Crippen molar-refractivity contribution in [3.63, 3.8) is 0 Å². The summed E-state index contributed by atoms with van der Waals surface area (Å²) in [6, 6.07) is 7.81. The first-order chi connectivity index (χ1) is 17.1. The van der Waals surface area contributed by atoms with Gasteiger partial charge in [-0.25, -0.2) is 8.42 Å². The SMILES string of the molecule is Cc1cc(-n2nc3c(c2NC(=O)CS(C)(=O)=O)C(=O)N[C@@]2(CCOc4cc(C5CC5)ccc42)C3)no1. The number of nitrogens with zero attached hydrogens (tertiary/aromatic N) is 3. The average Bonchev–Trinajstić information content (AvgIpc) is 3.46. The lowest BCUT2D eigenvalue weighted by Crippen LogP contribution is -2.53. The van der Waals surface area contributed by atoms with Gasteiger partial charge in [-0.1, -0.05) is 17.3 Å². The van der Waals surface area contributed by atoms with Crippen molar-refractivity contribution in [2.45, 2.75) is 44.1 Å². The number of carbonyl (C=O) groups is 2. The Hall–Kier alpha value is -3.67. The summed E-state index contributed by atoms with van der Waals surface area (Å²) in [5.74, 6) is 0.236. The number of ether oxygens (including phenoxy) is 1. The first-order valence-corrected chi connectivity index (χ1v) is 13.8. The van der Waals surface area contributed by atoms with Gasteiger partial charge in [-0.3, -0.25) is 9.59 Å². The normalized spacial score (nSPS) is 20.9. The van der Waals surface area contributed by atoms with Crippen molar-refractivity contribution in [1.82, 2.24) is 20.3 Å². The molecule has 1 aromatic carbocycles. The molecule has 3 aliphatic rings. The molecule has 1 aliphatic carbocycles. The number of aryl methyl sites for hydroxylation is 1. The molecule has 2 N–H and O–H groups in total. The lowest BCUT2D eigenvalue weighted by Gasteiger charge is -2.41. The smallest absolute Gasteiger partial charge is 0.257 e. The van der Waals surface area contributed by atoms with Crippen molar-refractivity contribution >= 4 is 27.5 Å². The van der Waals surface area contributed by atoms with Crippen LogP contribution in [0.5, 0.6) is 5.75 Å². The van der Waals surface area contributed by atoms with Crippen molar-refractivity contribution in [2.75, 3.05) is 23.9 Å². The van der Waals surface area contributed by atoms with Crippen LogP contribution in [0.25, 0.3) is 5.82 Å². The molecule has 4 heterocycles.